The predicted octanol–water partition coefficient (Wildman–Crippen LogP) is 5.67. The fraction of sp³-hybridized carbons (Fsp3) is 0.625. The molecule has 10 nitrogen and oxygen atoms in total. The third-order valence-electron chi connectivity index (χ3n) is 9.54. The Morgan fingerprint density at radius 3 is 2.49 bits per heavy atom. The van der Waals surface area contributed by atoms with Crippen LogP contribution in [0, 0.1) is 34.5 Å². The molecular weight excluding hydrogens is 587 g/mol. The van der Waals surface area contributed by atoms with Crippen LogP contribution in [0.5, 0.6) is 5.75 Å². The summed E-state index contributed by atoms with van der Waals surface area (Å²) < 4.78 is 48.1. The monoisotopic (exact) mass is 627 g/mol. The fourth-order valence-corrected chi connectivity index (χ4v) is 8.02. The zero-order valence-electron chi connectivity index (χ0n) is 25.8. The third-order valence-corrected chi connectivity index (χ3v) is 9.54. The lowest BCUT2D eigenvalue weighted by molar-refractivity contribution is -0.274. The van der Waals surface area contributed by atoms with E-state index in [9.17, 15) is 23.2 Å². The van der Waals surface area contributed by atoms with Gasteiger partial charge in [-0.1, -0.05) is 18.2 Å². The second kappa shape index (κ2) is 11.9. The van der Waals surface area contributed by atoms with E-state index >= 15 is 0 Å². The van der Waals surface area contributed by atoms with Crippen LogP contribution in [-0.2, 0) is 11.3 Å². The summed E-state index contributed by atoms with van der Waals surface area (Å²) in [5, 5.41) is 20.0. The molecule has 2 heterocycles. The number of hydrogen-bond acceptors (Lipinski definition) is 9. The molecule has 3 unspecified atom stereocenters. The molecule has 5 fully saturated rings. The smallest absolute Gasteiger partial charge is 0.444 e. The Labute approximate surface area is 261 Å². The Bertz CT molecular complexity index is 1430. The lowest BCUT2D eigenvalue weighted by atomic mass is 9.48. The van der Waals surface area contributed by atoms with Crippen molar-refractivity contribution >= 4 is 17.9 Å². The van der Waals surface area contributed by atoms with Gasteiger partial charge in [-0.05, 0) is 82.1 Å². The first-order chi connectivity index (χ1) is 21.3. The first-order valence-corrected chi connectivity index (χ1v) is 15.6. The van der Waals surface area contributed by atoms with E-state index in [1.807, 2.05) is 20.8 Å². The molecule has 0 radical (unpaired) electrons. The second-order valence-electron chi connectivity index (χ2n) is 14.2. The summed E-state index contributed by atoms with van der Waals surface area (Å²) in [5.74, 6) is 2.12. The van der Waals surface area contributed by atoms with E-state index in [1.165, 1.54) is 37.2 Å². The van der Waals surface area contributed by atoms with E-state index in [-0.39, 0.29) is 35.8 Å². The highest BCUT2D eigenvalue weighted by Crippen LogP contribution is 2.60. The Kier molecular flexibility index (Phi) is 8.22. The number of rotatable bonds is 9. The summed E-state index contributed by atoms with van der Waals surface area (Å²) in [6.07, 6.45) is 2.11. The number of amides is 1. The quantitative estimate of drug-likeness (QED) is 0.322. The van der Waals surface area contributed by atoms with Crippen LogP contribution in [0.25, 0.3) is 0 Å². The molecule has 45 heavy (non-hydrogen) atoms. The predicted molar refractivity (Wildman–Crippen MR) is 160 cm³/mol. The highest BCUT2D eigenvalue weighted by molar-refractivity contribution is 5.69. The van der Waals surface area contributed by atoms with Crippen molar-refractivity contribution in [3.63, 3.8) is 0 Å². The van der Waals surface area contributed by atoms with Gasteiger partial charge in [0.15, 0.2) is 0 Å². The van der Waals surface area contributed by atoms with Crippen molar-refractivity contribution in [2.24, 2.45) is 23.2 Å². The normalized spacial score (nSPS) is 27.4. The summed E-state index contributed by atoms with van der Waals surface area (Å²) in [6.45, 7) is 7.67. The minimum absolute atomic E-state index is 0.0114. The van der Waals surface area contributed by atoms with Crippen molar-refractivity contribution in [2.45, 2.75) is 83.5 Å². The van der Waals surface area contributed by atoms with Crippen LogP contribution in [0.3, 0.4) is 0 Å². The van der Waals surface area contributed by atoms with E-state index in [2.05, 4.69) is 36.7 Å². The first kappa shape index (κ1) is 31.2. The summed E-state index contributed by atoms with van der Waals surface area (Å²) in [7, 11) is 0. The maximum atomic E-state index is 12.8. The van der Waals surface area contributed by atoms with E-state index in [1.54, 1.807) is 11.0 Å². The van der Waals surface area contributed by atoms with Crippen molar-refractivity contribution in [3.8, 4) is 11.8 Å². The largest absolute Gasteiger partial charge is 0.573 e. The molecule has 5 atom stereocenters. The molecule has 4 bridgehead atoms. The number of anilines is 2. The molecule has 1 aliphatic heterocycles. The molecule has 1 aromatic carbocycles. The van der Waals surface area contributed by atoms with Gasteiger partial charge >= 0.3 is 12.5 Å². The van der Waals surface area contributed by atoms with Crippen molar-refractivity contribution in [3.05, 3.63) is 41.6 Å². The Balaban J connectivity index is 1.06. The van der Waals surface area contributed by atoms with Crippen LogP contribution in [0.2, 0.25) is 0 Å². The zero-order chi connectivity index (χ0) is 32.0. The molecule has 1 saturated heterocycles. The Morgan fingerprint density at radius 1 is 1.11 bits per heavy atom. The Morgan fingerprint density at radius 2 is 1.82 bits per heavy atom. The van der Waals surface area contributed by atoms with E-state index in [0.717, 1.165) is 19.3 Å². The van der Waals surface area contributed by atoms with Gasteiger partial charge in [-0.3, -0.25) is 0 Å². The number of para-hydroxylation sites is 1. The number of hydrogen-bond donors (Lipinski definition) is 3. The standard InChI is InChI=1S/C32H40F3N7O3/c1-30(2,3)45-29(43)42-16-24(17-42)40-26-21-8-19-9-22(26)12-31(10-19,11-21)18-39-27-23(13-36)15-38-28(41-27)37-14-20-6-4-5-7-25(20)44-32(33,34)35/h4-7,15,19,21-22,24,26,40H,8-12,14,16-18H2,1-3H3,(H2,37,38,39,41)/t19?,21-,22+,26?,31?. The lowest BCUT2D eigenvalue weighted by Crippen LogP contribution is -2.67. The van der Waals surface area contributed by atoms with Crippen LogP contribution in [0.15, 0.2) is 30.5 Å². The minimum Gasteiger partial charge on any atom is -0.444 e. The van der Waals surface area contributed by atoms with Crippen LogP contribution >= 0.6 is 0 Å². The van der Waals surface area contributed by atoms with Gasteiger partial charge in [-0.2, -0.15) is 10.2 Å². The molecule has 13 heteroatoms. The number of carbonyl (C=O) groups is 1. The molecule has 1 aromatic heterocycles. The van der Waals surface area contributed by atoms with Crippen LogP contribution in [0.4, 0.5) is 29.7 Å². The lowest BCUT2D eigenvalue weighted by Gasteiger charge is -2.61. The van der Waals surface area contributed by atoms with Crippen molar-refractivity contribution < 1.29 is 27.4 Å². The maximum absolute atomic E-state index is 12.8. The average Bonchev–Trinajstić information content (AvgIpc) is 2.92. The summed E-state index contributed by atoms with van der Waals surface area (Å²) in [6, 6.07) is 8.77. The topological polar surface area (TPSA) is 124 Å². The number of halogens is 3. The molecule has 1 amide bonds. The number of nitrogens with zero attached hydrogens (tertiary/aromatic N) is 4. The molecule has 5 aliphatic rings. The van der Waals surface area contributed by atoms with Gasteiger partial charge in [-0.15, -0.1) is 13.2 Å². The van der Waals surface area contributed by atoms with E-state index in [4.69, 9.17) is 4.74 Å². The molecule has 0 spiro atoms. The van der Waals surface area contributed by atoms with Crippen molar-refractivity contribution in [1.29, 1.82) is 5.26 Å². The molecule has 7 rings (SSSR count). The average molecular weight is 628 g/mol. The molecule has 3 N–H and O–H groups in total. The fourth-order valence-electron chi connectivity index (χ4n) is 8.02. The first-order valence-electron chi connectivity index (χ1n) is 15.6. The van der Waals surface area contributed by atoms with Crippen LogP contribution in [0.1, 0.15) is 64.0 Å². The molecule has 242 valence electrons. The van der Waals surface area contributed by atoms with Gasteiger partial charge in [0.05, 0.1) is 6.20 Å². The summed E-state index contributed by atoms with van der Waals surface area (Å²) >= 11 is 0. The van der Waals surface area contributed by atoms with Gasteiger partial charge in [-0.25, -0.2) is 9.78 Å². The number of carbonyl (C=O) groups excluding carboxylic acids is 1. The number of alkyl halides is 3. The number of likely N-dealkylation sites (tertiary alicyclic amines) is 1. The summed E-state index contributed by atoms with van der Waals surface area (Å²) in [4.78, 5) is 22.9. The molecule has 4 aliphatic carbocycles. The SMILES string of the molecule is CC(C)(C)OC(=O)N1CC(NC2[C@@H]3CC4C[C@H]2CC(CNc2nc(NCc5ccccc5OC(F)(F)F)ncc2C#N)(C4)C3)C1. The minimum atomic E-state index is -4.80. The highest BCUT2D eigenvalue weighted by Gasteiger charge is 2.55. The van der Waals surface area contributed by atoms with E-state index < -0.39 is 12.0 Å². The van der Waals surface area contributed by atoms with E-state index in [0.29, 0.717) is 60.4 Å². The zero-order valence-corrected chi connectivity index (χ0v) is 25.8. The number of nitriles is 1. The van der Waals surface area contributed by atoms with Gasteiger partial charge in [0, 0.05) is 43.8 Å². The second-order valence-corrected chi connectivity index (χ2v) is 14.2. The van der Waals surface area contributed by atoms with Crippen LogP contribution in [-0.4, -0.2) is 64.6 Å². The number of aromatic nitrogens is 2. The van der Waals surface area contributed by atoms with Gasteiger partial charge < -0.3 is 30.3 Å². The number of benzene rings is 1. The van der Waals surface area contributed by atoms with Crippen molar-refractivity contribution in [1.82, 2.24) is 20.2 Å². The van der Waals surface area contributed by atoms with Crippen LogP contribution < -0.4 is 20.7 Å². The summed E-state index contributed by atoms with van der Waals surface area (Å²) in [5.41, 5.74) is 0.215. The van der Waals surface area contributed by atoms with Crippen molar-refractivity contribution in [2.75, 3.05) is 30.3 Å². The Hall–Kier alpha value is -3.79. The molecule has 2 aromatic rings. The van der Waals surface area contributed by atoms with Gasteiger partial charge in [0.25, 0.3) is 0 Å². The number of nitrogens with one attached hydrogen (secondary N) is 3. The maximum Gasteiger partial charge on any atom is 0.573 e. The molecular formula is C32H40F3N7O3. The molecule has 4 saturated carbocycles. The highest BCUT2D eigenvalue weighted by atomic mass is 19.4. The third kappa shape index (κ3) is 7.21. The van der Waals surface area contributed by atoms with Gasteiger partial charge in [0.2, 0.25) is 5.95 Å². The number of ether oxygens (including phenoxy) is 2. The van der Waals surface area contributed by atoms with Gasteiger partial charge in [0.1, 0.15) is 28.8 Å².